The van der Waals surface area contributed by atoms with Crippen LogP contribution in [0.2, 0.25) is 0 Å². The first-order valence-corrected chi connectivity index (χ1v) is 7.57. The summed E-state index contributed by atoms with van der Waals surface area (Å²) in [5.41, 5.74) is 1.47. The van der Waals surface area contributed by atoms with Gasteiger partial charge in [-0.3, -0.25) is 0 Å². The summed E-state index contributed by atoms with van der Waals surface area (Å²) < 4.78 is 0. The number of nitrogens with one attached hydrogen (secondary N) is 1. The van der Waals surface area contributed by atoms with Crippen LogP contribution in [0.25, 0.3) is 0 Å². The van der Waals surface area contributed by atoms with Gasteiger partial charge < -0.3 is 5.32 Å². The average Bonchev–Trinajstić information content (AvgIpc) is 2.40. The lowest BCUT2D eigenvalue weighted by atomic mass is 9.77. The lowest BCUT2D eigenvalue weighted by Crippen LogP contribution is -2.39. The predicted molar refractivity (Wildman–Crippen MR) is 78.7 cm³/mol. The van der Waals surface area contributed by atoms with Gasteiger partial charge in [0, 0.05) is 6.04 Å². The molecule has 0 aliphatic heterocycles. The monoisotopic (exact) mass is 245 g/mol. The molecule has 1 fully saturated rings. The normalized spacial score (nSPS) is 25.9. The summed E-state index contributed by atoms with van der Waals surface area (Å²) in [6, 6.07) is 11.6. The van der Waals surface area contributed by atoms with Crippen molar-refractivity contribution in [2.45, 2.75) is 52.0 Å². The molecule has 1 saturated carbocycles. The summed E-state index contributed by atoms with van der Waals surface area (Å²) in [5, 5.41) is 3.72. The van der Waals surface area contributed by atoms with Gasteiger partial charge in [0.25, 0.3) is 0 Å². The third-order valence-corrected chi connectivity index (χ3v) is 4.39. The molecule has 1 aromatic rings. The van der Waals surface area contributed by atoms with E-state index < -0.39 is 0 Å². The van der Waals surface area contributed by atoms with E-state index in [0.29, 0.717) is 6.04 Å². The number of rotatable bonds is 5. The first kappa shape index (κ1) is 13.6. The van der Waals surface area contributed by atoms with E-state index >= 15 is 0 Å². The Morgan fingerprint density at radius 3 is 2.39 bits per heavy atom. The van der Waals surface area contributed by atoms with Crippen molar-refractivity contribution in [3.05, 3.63) is 35.9 Å². The highest BCUT2D eigenvalue weighted by molar-refractivity contribution is 5.16. The van der Waals surface area contributed by atoms with Crippen molar-refractivity contribution in [1.29, 1.82) is 0 Å². The number of likely N-dealkylation sites (N-methyl/N-ethyl adjacent to an activating group) is 1. The molecule has 0 amide bonds. The Bertz CT molecular complexity index is 325. The van der Waals surface area contributed by atoms with Crippen molar-refractivity contribution in [1.82, 2.24) is 5.32 Å². The lowest BCUT2D eigenvalue weighted by Gasteiger charge is -2.33. The summed E-state index contributed by atoms with van der Waals surface area (Å²) in [6.07, 6.45) is 6.84. The molecular formula is C17H27N. The van der Waals surface area contributed by atoms with Crippen LogP contribution >= 0.6 is 0 Å². The maximum atomic E-state index is 3.72. The van der Waals surface area contributed by atoms with Gasteiger partial charge in [-0.25, -0.2) is 0 Å². The van der Waals surface area contributed by atoms with E-state index in [1.165, 1.54) is 37.7 Å². The number of hydrogen-bond donors (Lipinski definition) is 1. The molecule has 1 N–H and O–H groups in total. The summed E-state index contributed by atoms with van der Waals surface area (Å²) >= 11 is 0. The second kappa shape index (κ2) is 6.94. The molecule has 100 valence electrons. The molecule has 0 radical (unpaired) electrons. The molecule has 1 aliphatic rings. The summed E-state index contributed by atoms with van der Waals surface area (Å²) in [4.78, 5) is 0. The fourth-order valence-corrected chi connectivity index (χ4v) is 3.22. The van der Waals surface area contributed by atoms with Crippen LogP contribution in [0.1, 0.15) is 45.1 Å². The van der Waals surface area contributed by atoms with E-state index in [4.69, 9.17) is 0 Å². The van der Waals surface area contributed by atoms with Crippen molar-refractivity contribution in [2.75, 3.05) is 6.54 Å². The van der Waals surface area contributed by atoms with Gasteiger partial charge >= 0.3 is 0 Å². The predicted octanol–water partition coefficient (Wildman–Crippen LogP) is 4.03. The van der Waals surface area contributed by atoms with E-state index in [9.17, 15) is 0 Å². The van der Waals surface area contributed by atoms with Crippen LogP contribution in [0.5, 0.6) is 0 Å². The van der Waals surface area contributed by atoms with E-state index in [-0.39, 0.29) is 0 Å². The fraction of sp³-hybridized carbons (Fsp3) is 0.647. The summed E-state index contributed by atoms with van der Waals surface area (Å²) in [5.74, 6) is 1.82. The Morgan fingerprint density at radius 2 is 1.78 bits per heavy atom. The second-order valence-corrected chi connectivity index (χ2v) is 5.87. The Hall–Kier alpha value is -0.820. The molecule has 0 heterocycles. The van der Waals surface area contributed by atoms with Gasteiger partial charge in [-0.2, -0.15) is 0 Å². The van der Waals surface area contributed by atoms with E-state index in [1.807, 2.05) is 0 Å². The van der Waals surface area contributed by atoms with Crippen molar-refractivity contribution in [3.63, 3.8) is 0 Å². The first-order chi connectivity index (χ1) is 8.79. The number of benzene rings is 1. The van der Waals surface area contributed by atoms with Crippen molar-refractivity contribution in [3.8, 4) is 0 Å². The second-order valence-electron chi connectivity index (χ2n) is 5.87. The third-order valence-electron chi connectivity index (χ3n) is 4.39. The Kier molecular flexibility index (Phi) is 5.25. The molecule has 1 heteroatoms. The largest absolute Gasteiger partial charge is 0.314 e. The smallest absolute Gasteiger partial charge is 0.0136 e. The molecule has 0 aromatic heterocycles. The van der Waals surface area contributed by atoms with E-state index in [0.717, 1.165) is 18.4 Å². The van der Waals surface area contributed by atoms with E-state index in [1.54, 1.807) is 0 Å². The SMILES string of the molecule is CCNC(Cc1ccccc1)C1CCC(C)CC1. The molecule has 0 spiro atoms. The fourth-order valence-electron chi connectivity index (χ4n) is 3.22. The highest BCUT2D eigenvalue weighted by Crippen LogP contribution is 2.31. The molecule has 18 heavy (non-hydrogen) atoms. The minimum Gasteiger partial charge on any atom is -0.314 e. The zero-order chi connectivity index (χ0) is 12.8. The molecule has 0 saturated heterocycles. The van der Waals surface area contributed by atoms with Crippen LogP contribution in [-0.4, -0.2) is 12.6 Å². The Morgan fingerprint density at radius 1 is 1.11 bits per heavy atom. The van der Waals surface area contributed by atoms with Crippen molar-refractivity contribution >= 4 is 0 Å². The lowest BCUT2D eigenvalue weighted by molar-refractivity contribution is 0.230. The molecule has 1 atom stereocenters. The van der Waals surface area contributed by atoms with Crippen LogP contribution < -0.4 is 5.32 Å². The molecule has 2 rings (SSSR count). The van der Waals surface area contributed by atoms with Crippen LogP contribution in [0.4, 0.5) is 0 Å². The van der Waals surface area contributed by atoms with Gasteiger partial charge in [-0.1, -0.05) is 57.0 Å². The van der Waals surface area contributed by atoms with E-state index in [2.05, 4.69) is 49.5 Å². The molecule has 1 unspecified atom stereocenters. The zero-order valence-corrected chi connectivity index (χ0v) is 11.9. The summed E-state index contributed by atoms with van der Waals surface area (Å²) in [6.45, 7) is 5.71. The third kappa shape index (κ3) is 3.84. The van der Waals surface area contributed by atoms with Gasteiger partial charge in [-0.15, -0.1) is 0 Å². The molecule has 1 aliphatic carbocycles. The number of hydrogen-bond acceptors (Lipinski definition) is 1. The molecule has 0 bridgehead atoms. The first-order valence-electron chi connectivity index (χ1n) is 7.57. The van der Waals surface area contributed by atoms with Gasteiger partial charge in [0.1, 0.15) is 0 Å². The minimum atomic E-state index is 0.671. The van der Waals surface area contributed by atoms with Gasteiger partial charge in [0.2, 0.25) is 0 Å². The van der Waals surface area contributed by atoms with Crippen LogP contribution in [-0.2, 0) is 6.42 Å². The zero-order valence-electron chi connectivity index (χ0n) is 11.9. The van der Waals surface area contributed by atoms with Gasteiger partial charge in [0.05, 0.1) is 0 Å². The standard InChI is InChI=1S/C17H27N/c1-3-18-17(13-15-7-5-4-6-8-15)16-11-9-14(2)10-12-16/h4-8,14,16-18H,3,9-13H2,1-2H3. The Balaban J connectivity index is 1.95. The van der Waals surface area contributed by atoms with Crippen LogP contribution in [0.15, 0.2) is 30.3 Å². The van der Waals surface area contributed by atoms with Crippen LogP contribution in [0.3, 0.4) is 0 Å². The van der Waals surface area contributed by atoms with Crippen molar-refractivity contribution in [2.24, 2.45) is 11.8 Å². The minimum absolute atomic E-state index is 0.671. The van der Waals surface area contributed by atoms with Crippen molar-refractivity contribution < 1.29 is 0 Å². The van der Waals surface area contributed by atoms with Gasteiger partial charge in [-0.05, 0) is 43.2 Å². The molecular weight excluding hydrogens is 218 g/mol. The molecule has 1 nitrogen and oxygen atoms in total. The highest BCUT2D eigenvalue weighted by atomic mass is 14.9. The summed E-state index contributed by atoms with van der Waals surface area (Å²) in [7, 11) is 0. The maximum Gasteiger partial charge on any atom is 0.0136 e. The van der Waals surface area contributed by atoms with Crippen LogP contribution in [0, 0.1) is 11.8 Å². The Labute approximate surface area is 112 Å². The quantitative estimate of drug-likeness (QED) is 0.825. The van der Waals surface area contributed by atoms with Gasteiger partial charge in [0.15, 0.2) is 0 Å². The molecule has 1 aromatic carbocycles. The average molecular weight is 245 g/mol. The highest BCUT2D eigenvalue weighted by Gasteiger charge is 2.25. The maximum absolute atomic E-state index is 3.72. The topological polar surface area (TPSA) is 12.0 Å².